The van der Waals surface area contributed by atoms with Gasteiger partial charge in [-0.1, -0.05) is 15.9 Å². The topological polar surface area (TPSA) is 58.8 Å². The molecule has 0 bridgehead atoms. The summed E-state index contributed by atoms with van der Waals surface area (Å²) in [5.74, 6) is 0.753. The minimum Gasteiger partial charge on any atom is -0.484 e. The van der Waals surface area contributed by atoms with Crippen molar-refractivity contribution in [2.45, 2.75) is 0 Å². The van der Waals surface area contributed by atoms with E-state index < -0.39 is 0 Å². The zero-order valence-corrected chi connectivity index (χ0v) is 13.0. The third kappa shape index (κ3) is 4.47. The van der Waals surface area contributed by atoms with Crippen LogP contribution in [0.25, 0.3) is 0 Å². The van der Waals surface area contributed by atoms with Gasteiger partial charge in [0.05, 0.1) is 0 Å². The lowest BCUT2D eigenvalue weighted by atomic mass is 10.3. The number of amides is 1. The van der Waals surface area contributed by atoms with E-state index in [9.17, 15) is 4.79 Å². The second-order valence-electron chi connectivity index (χ2n) is 4.75. The van der Waals surface area contributed by atoms with E-state index >= 15 is 0 Å². The number of carbonyl (C=O) groups excluding carboxylic acids is 1. The van der Waals surface area contributed by atoms with Crippen LogP contribution in [0, 0.1) is 0 Å². The largest absolute Gasteiger partial charge is 0.484 e. The van der Waals surface area contributed by atoms with Crippen LogP contribution in [0.1, 0.15) is 0 Å². The zero-order valence-electron chi connectivity index (χ0n) is 11.4. The Labute approximate surface area is 127 Å². The second kappa shape index (κ2) is 7.61. The first kappa shape index (κ1) is 15.3. The van der Waals surface area contributed by atoms with Crippen molar-refractivity contribution >= 4 is 21.8 Å². The van der Waals surface area contributed by atoms with Gasteiger partial charge in [0.25, 0.3) is 5.91 Å². The quantitative estimate of drug-likeness (QED) is 0.865. The van der Waals surface area contributed by atoms with Gasteiger partial charge in [0, 0.05) is 43.7 Å². The maximum absolute atomic E-state index is 12.1. The molecule has 1 aromatic carbocycles. The minimum atomic E-state index is 0.0420. The molecule has 2 rings (SSSR count). The van der Waals surface area contributed by atoms with Crippen LogP contribution < -0.4 is 10.5 Å². The summed E-state index contributed by atoms with van der Waals surface area (Å²) in [4.78, 5) is 16.2. The van der Waals surface area contributed by atoms with Gasteiger partial charge in [0.2, 0.25) is 0 Å². The lowest BCUT2D eigenvalue weighted by Gasteiger charge is -2.34. The van der Waals surface area contributed by atoms with Gasteiger partial charge < -0.3 is 15.4 Å². The number of rotatable bonds is 5. The Hall–Kier alpha value is -1.11. The molecular formula is C14H20BrN3O2. The van der Waals surface area contributed by atoms with Crippen LogP contribution in [0.5, 0.6) is 5.75 Å². The van der Waals surface area contributed by atoms with Gasteiger partial charge in [-0.2, -0.15) is 0 Å². The second-order valence-corrected chi connectivity index (χ2v) is 5.67. The molecule has 0 atom stereocenters. The summed E-state index contributed by atoms with van der Waals surface area (Å²) in [5.41, 5.74) is 5.53. The Morgan fingerprint density at radius 2 is 1.85 bits per heavy atom. The summed E-state index contributed by atoms with van der Waals surface area (Å²) < 4.78 is 6.50. The van der Waals surface area contributed by atoms with E-state index in [2.05, 4.69) is 20.8 Å². The lowest BCUT2D eigenvalue weighted by molar-refractivity contribution is -0.135. The number of piperazine rings is 1. The third-order valence-electron chi connectivity index (χ3n) is 3.35. The van der Waals surface area contributed by atoms with Crippen LogP contribution in [0.4, 0.5) is 0 Å². The first-order chi connectivity index (χ1) is 9.69. The fourth-order valence-electron chi connectivity index (χ4n) is 2.17. The monoisotopic (exact) mass is 341 g/mol. The highest BCUT2D eigenvalue weighted by molar-refractivity contribution is 9.10. The number of benzene rings is 1. The molecule has 1 heterocycles. The van der Waals surface area contributed by atoms with Gasteiger partial charge in [-0.3, -0.25) is 9.69 Å². The molecule has 0 aliphatic carbocycles. The molecule has 6 heteroatoms. The number of halogens is 1. The summed E-state index contributed by atoms with van der Waals surface area (Å²) >= 11 is 3.36. The normalized spacial score (nSPS) is 16.2. The van der Waals surface area contributed by atoms with Gasteiger partial charge in [-0.15, -0.1) is 0 Å². The highest BCUT2D eigenvalue weighted by Crippen LogP contribution is 2.16. The van der Waals surface area contributed by atoms with Gasteiger partial charge in [-0.25, -0.2) is 0 Å². The van der Waals surface area contributed by atoms with Crippen molar-refractivity contribution in [3.05, 3.63) is 28.7 Å². The van der Waals surface area contributed by atoms with E-state index in [1.165, 1.54) is 0 Å². The van der Waals surface area contributed by atoms with E-state index in [1.54, 1.807) is 0 Å². The first-order valence-electron chi connectivity index (χ1n) is 6.77. The van der Waals surface area contributed by atoms with Crippen molar-refractivity contribution in [1.29, 1.82) is 0 Å². The molecule has 5 nitrogen and oxygen atoms in total. The van der Waals surface area contributed by atoms with Crippen molar-refractivity contribution < 1.29 is 9.53 Å². The van der Waals surface area contributed by atoms with Gasteiger partial charge >= 0.3 is 0 Å². The molecule has 0 aromatic heterocycles. The van der Waals surface area contributed by atoms with Gasteiger partial charge in [0.1, 0.15) is 5.75 Å². The summed E-state index contributed by atoms with van der Waals surface area (Å²) in [6.45, 7) is 4.95. The van der Waals surface area contributed by atoms with Crippen LogP contribution in [0.3, 0.4) is 0 Å². The third-order valence-corrected chi connectivity index (χ3v) is 3.87. The Morgan fingerprint density at radius 1 is 1.20 bits per heavy atom. The van der Waals surface area contributed by atoms with Crippen molar-refractivity contribution in [2.24, 2.45) is 5.73 Å². The predicted molar refractivity (Wildman–Crippen MR) is 81.7 cm³/mol. The molecule has 1 aromatic rings. The zero-order chi connectivity index (χ0) is 14.4. The van der Waals surface area contributed by atoms with Crippen molar-refractivity contribution in [3.8, 4) is 5.75 Å². The maximum atomic E-state index is 12.1. The Balaban J connectivity index is 1.74. The average Bonchev–Trinajstić information content (AvgIpc) is 2.47. The molecule has 0 spiro atoms. The molecule has 1 saturated heterocycles. The molecule has 20 heavy (non-hydrogen) atoms. The molecule has 110 valence electrons. The minimum absolute atomic E-state index is 0.0420. The van der Waals surface area contributed by atoms with Gasteiger partial charge in [-0.05, 0) is 24.3 Å². The average molecular weight is 342 g/mol. The number of hydrogen-bond acceptors (Lipinski definition) is 4. The Morgan fingerprint density at radius 3 is 2.45 bits per heavy atom. The summed E-state index contributed by atoms with van der Waals surface area (Å²) in [5, 5.41) is 0. The van der Waals surface area contributed by atoms with Crippen LogP contribution in [0.15, 0.2) is 28.7 Å². The van der Waals surface area contributed by atoms with E-state index in [0.717, 1.165) is 37.2 Å². The van der Waals surface area contributed by atoms with Crippen molar-refractivity contribution in [1.82, 2.24) is 9.80 Å². The van der Waals surface area contributed by atoms with Gasteiger partial charge in [0.15, 0.2) is 6.61 Å². The fourth-order valence-corrected chi connectivity index (χ4v) is 2.43. The smallest absolute Gasteiger partial charge is 0.260 e. The maximum Gasteiger partial charge on any atom is 0.260 e. The van der Waals surface area contributed by atoms with E-state index in [-0.39, 0.29) is 12.5 Å². The SMILES string of the molecule is NCCN1CCN(C(=O)COc2ccc(Br)cc2)CC1. The molecule has 0 unspecified atom stereocenters. The molecule has 1 amide bonds. The summed E-state index contributed by atoms with van der Waals surface area (Å²) in [6, 6.07) is 7.48. The number of nitrogens with zero attached hydrogens (tertiary/aromatic N) is 2. The van der Waals surface area contributed by atoms with Crippen LogP contribution >= 0.6 is 15.9 Å². The summed E-state index contributed by atoms with van der Waals surface area (Å²) in [7, 11) is 0. The molecule has 1 aliphatic heterocycles. The predicted octanol–water partition coefficient (Wildman–Crippen LogP) is 0.931. The number of nitrogens with two attached hydrogens (primary N) is 1. The molecule has 2 N–H and O–H groups in total. The lowest BCUT2D eigenvalue weighted by Crippen LogP contribution is -2.50. The number of ether oxygens (including phenoxy) is 1. The summed E-state index contributed by atoms with van der Waals surface area (Å²) in [6.07, 6.45) is 0. The Bertz CT molecular complexity index is 431. The van der Waals surface area contributed by atoms with Crippen LogP contribution in [-0.4, -0.2) is 61.6 Å². The van der Waals surface area contributed by atoms with Crippen molar-refractivity contribution in [2.75, 3.05) is 45.9 Å². The van der Waals surface area contributed by atoms with Crippen molar-refractivity contribution in [3.63, 3.8) is 0 Å². The Kier molecular flexibility index (Phi) is 5.82. The van der Waals surface area contributed by atoms with E-state index in [1.807, 2.05) is 29.2 Å². The molecule has 1 aliphatic rings. The fraction of sp³-hybridized carbons (Fsp3) is 0.500. The highest BCUT2D eigenvalue weighted by Gasteiger charge is 2.20. The standard InChI is InChI=1S/C14H20BrN3O2/c15-12-1-3-13(4-2-12)20-11-14(19)18-9-7-17(6-5-16)8-10-18/h1-4H,5-11,16H2. The molecular weight excluding hydrogens is 322 g/mol. The van der Waals surface area contributed by atoms with E-state index in [4.69, 9.17) is 10.5 Å². The number of hydrogen-bond donors (Lipinski definition) is 1. The highest BCUT2D eigenvalue weighted by atomic mass is 79.9. The molecule has 0 radical (unpaired) electrons. The van der Waals surface area contributed by atoms with Crippen LogP contribution in [0.2, 0.25) is 0 Å². The molecule has 1 fully saturated rings. The number of carbonyl (C=O) groups is 1. The van der Waals surface area contributed by atoms with Crippen LogP contribution in [-0.2, 0) is 4.79 Å². The molecule has 0 saturated carbocycles. The van der Waals surface area contributed by atoms with E-state index in [0.29, 0.717) is 12.3 Å². The first-order valence-corrected chi connectivity index (χ1v) is 7.57.